The Morgan fingerprint density at radius 1 is 1.18 bits per heavy atom. The van der Waals surface area contributed by atoms with Crippen molar-refractivity contribution in [2.45, 2.75) is 37.5 Å². The molecule has 8 heteroatoms. The molecule has 0 saturated carbocycles. The number of aliphatic hydroxyl groups excluding tert-OH is 1. The van der Waals surface area contributed by atoms with E-state index in [4.69, 9.17) is 23.2 Å². The Morgan fingerprint density at radius 3 is 2.71 bits per heavy atom. The Bertz CT molecular complexity index is 857. The summed E-state index contributed by atoms with van der Waals surface area (Å²) in [6.45, 7) is 0. The van der Waals surface area contributed by atoms with Crippen LogP contribution in [-0.4, -0.2) is 40.1 Å². The summed E-state index contributed by atoms with van der Waals surface area (Å²) in [5.41, 5.74) is 3.72. The molecule has 1 fully saturated rings. The summed E-state index contributed by atoms with van der Waals surface area (Å²) in [7, 11) is 0. The number of allylic oxidation sites excluding steroid dienone is 2. The van der Waals surface area contributed by atoms with Crippen molar-refractivity contribution in [1.82, 2.24) is 10.3 Å². The number of nitrogens with zero attached hydrogens (tertiary/aromatic N) is 1. The zero-order chi connectivity index (χ0) is 19.8. The number of imide groups is 1. The third-order valence-corrected chi connectivity index (χ3v) is 6.17. The van der Waals surface area contributed by atoms with Crippen LogP contribution < -0.4 is 10.7 Å². The van der Waals surface area contributed by atoms with Gasteiger partial charge in [0, 0.05) is 5.02 Å². The zero-order valence-electron chi connectivity index (χ0n) is 15.0. The number of carbonyl (C=O) groups is 2. The minimum absolute atomic E-state index is 0.0707. The average molecular weight is 422 g/mol. The van der Waals surface area contributed by atoms with Gasteiger partial charge in [0.2, 0.25) is 11.8 Å². The molecule has 6 nitrogen and oxygen atoms in total. The maximum absolute atomic E-state index is 12.5. The fourth-order valence-corrected chi connectivity index (χ4v) is 4.59. The van der Waals surface area contributed by atoms with Gasteiger partial charge in [-0.05, 0) is 43.4 Å². The van der Waals surface area contributed by atoms with Crippen LogP contribution in [0.15, 0.2) is 42.5 Å². The molecular formula is C20H21Cl2N3O3. The molecule has 1 aromatic rings. The Balaban J connectivity index is 1.67. The highest BCUT2D eigenvalue weighted by Crippen LogP contribution is 2.35. The van der Waals surface area contributed by atoms with Gasteiger partial charge in [0.05, 0.1) is 28.8 Å². The van der Waals surface area contributed by atoms with E-state index in [9.17, 15) is 14.7 Å². The van der Waals surface area contributed by atoms with E-state index in [0.717, 1.165) is 19.3 Å². The molecule has 2 heterocycles. The number of aliphatic hydroxyl groups is 1. The van der Waals surface area contributed by atoms with E-state index < -0.39 is 30.0 Å². The molecule has 1 saturated heterocycles. The predicted molar refractivity (Wildman–Crippen MR) is 108 cm³/mol. The van der Waals surface area contributed by atoms with E-state index in [1.165, 1.54) is 0 Å². The number of hydrazine groups is 1. The van der Waals surface area contributed by atoms with Gasteiger partial charge < -0.3 is 10.5 Å². The second kappa shape index (κ2) is 7.87. The third kappa shape index (κ3) is 3.57. The minimum Gasteiger partial charge on any atom is -0.391 e. The molecule has 1 aromatic carbocycles. The van der Waals surface area contributed by atoms with Gasteiger partial charge in [-0.3, -0.25) is 14.9 Å². The summed E-state index contributed by atoms with van der Waals surface area (Å²) >= 11 is 12.3. The van der Waals surface area contributed by atoms with Crippen LogP contribution in [0.5, 0.6) is 0 Å². The molecule has 4 rings (SSSR count). The normalized spacial score (nSPS) is 30.8. The summed E-state index contributed by atoms with van der Waals surface area (Å²) in [6, 6.07) is 3.74. The van der Waals surface area contributed by atoms with Crippen LogP contribution >= 0.6 is 23.2 Å². The molecule has 28 heavy (non-hydrogen) atoms. The van der Waals surface area contributed by atoms with Crippen LogP contribution in [0.3, 0.4) is 0 Å². The van der Waals surface area contributed by atoms with Crippen molar-refractivity contribution >= 4 is 40.7 Å². The number of nitrogens with one attached hydrogen (secondary N) is 2. The Morgan fingerprint density at radius 2 is 2.00 bits per heavy atom. The SMILES string of the molecule is O=C1NC(=O)[C@@H]2C=C[C@H]([C@H](O)C3CC=CCC3)N(Nc3ccc(Cl)cc3Cl)[C@H]12. The standard InChI is InChI=1S/C20H21Cl2N3O3/c21-12-6-8-15(14(22)10-12)24-25-16(18(26)11-4-2-1-3-5-11)9-7-13-17(25)20(28)23-19(13)27/h1-2,6-11,13,16-18,24,26H,3-5H2,(H,23,27,28)/t11?,13-,16-,17+,18-/m1/s1. The van der Waals surface area contributed by atoms with Gasteiger partial charge in [0.15, 0.2) is 0 Å². The lowest BCUT2D eigenvalue weighted by Crippen LogP contribution is -2.58. The first-order chi connectivity index (χ1) is 13.5. The molecule has 1 aliphatic carbocycles. The molecule has 148 valence electrons. The fourth-order valence-electron chi connectivity index (χ4n) is 4.14. The lowest BCUT2D eigenvalue weighted by Gasteiger charge is -2.42. The van der Waals surface area contributed by atoms with Crippen molar-refractivity contribution in [1.29, 1.82) is 0 Å². The van der Waals surface area contributed by atoms with Crippen molar-refractivity contribution in [2.24, 2.45) is 11.8 Å². The molecule has 2 amide bonds. The van der Waals surface area contributed by atoms with Crippen molar-refractivity contribution in [3.05, 3.63) is 52.5 Å². The molecule has 0 spiro atoms. The second-order valence-corrected chi connectivity index (χ2v) is 8.22. The topological polar surface area (TPSA) is 81.7 Å². The first-order valence-electron chi connectivity index (χ1n) is 9.32. The van der Waals surface area contributed by atoms with Gasteiger partial charge in [-0.2, -0.15) is 0 Å². The van der Waals surface area contributed by atoms with Gasteiger partial charge in [0.25, 0.3) is 0 Å². The zero-order valence-corrected chi connectivity index (χ0v) is 16.5. The van der Waals surface area contributed by atoms with E-state index in [1.54, 1.807) is 35.4 Å². The van der Waals surface area contributed by atoms with E-state index in [-0.39, 0.29) is 11.8 Å². The maximum atomic E-state index is 12.5. The number of fused-ring (bicyclic) bond motifs is 1. The van der Waals surface area contributed by atoms with Gasteiger partial charge in [-0.25, -0.2) is 5.01 Å². The number of benzene rings is 1. The first kappa shape index (κ1) is 19.5. The molecule has 0 bridgehead atoms. The summed E-state index contributed by atoms with van der Waals surface area (Å²) < 4.78 is 0. The monoisotopic (exact) mass is 421 g/mol. The number of amides is 2. The highest BCUT2D eigenvalue weighted by molar-refractivity contribution is 6.36. The van der Waals surface area contributed by atoms with Crippen LogP contribution in [0.25, 0.3) is 0 Å². The maximum Gasteiger partial charge on any atom is 0.246 e. The smallest absolute Gasteiger partial charge is 0.246 e. The average Bonchev–Trinajstić information content (AvgIpc) is 2.98. The Hall–Kier alpha value is -1.86. The van der Waals surface area contributed by atoms with Crippen LogP contribution in [0, 0.1) is 11.8 Å². The summed E-state index contributed by atoms with van der Waals surface area (Å²) in [5, 5.41) is 16.0. The van der Waals surface area contributed by atoms with Gasteiger partial charge in [-0.1, -0.05) is 47.5 Å². The quantitative estimate of drug-likeness (QED) is 0.514. The molecule has 0 aromatic heterocycles. The number of carbonyl (C=O) groups excluding carboxylic acids is 2. The molecule has 3 aliphatic rings. The number of hydrogen-bond acceptors (Lipinski definition) is 5. The van der Waals surface area contributed by atoms with Crippen LogP contribution in [0.1, 0.15) is 19.3 Å². The molecular weight excluding hydrogens is 401 g/mol. The summed E-state index contributed by atoms with van der Waals surface area (Å²) in [6.07, 6.45) is 9.58. The van der Waals surface area contributed by atoms with Gasteiger partial charge in [-0.15, -0.1) is 0 Å². The highest BCUT2D eigenvalue weighted by atomic mass is 35.5. The van der Waals surface area contributed by atoms with E-state index in [2.05, 4.69) is 22.9 Å². The van der Waals surface area contributed by atoms with Crippen molar-refractivity contribution < 1.29 is 14.7 Å². The number of hydrogen-bond donors (Lipinski definition) is 3. The van der Waals surface area contributed by atoms with Crippen LogP contribution in [-0.2, 0) is 9.59 Å². The molecule has 2 aliphatic heterocycles. The van der Waals surface area contributed by atoms with Crippen LogP contribution in [0.4, 0.5) is 5.69 Å². The third-order valence-electron chi connectivity index (χ3n) is 5.62. The van der Waals surface area contributed by atoms with E-state index in [0.29, 0.717) is 15.7 Å². The van der Waals surface area contributed by atoms with Crippen molar-refractivity contribution in [2.75, 3.05) is 5.43 Å². The highest BCUT2D eigenvalue weighted by Gasteiger charge is 2.50. The van der Waals surface area contributed by atoms with E-state index >= 15 is 0 Å². The molecule has 1 unspecified atom stereocenters. The first-order valence-corrected chi connectivity index (χ1v) is 10.1. The Labute approximate surface area is 173 Å². The molecule has 5 atom stereocenters. The lowest BCUT2D eigenvalue weighted by atomic mass is 9.83. The van der Waals surface area contributed by atoms with Gasteiger partial charge in [0.1, 0.15) is 6.04 Å². The van der Waals surface area contributed by atoms with E-state index in [1.807, 2.05) is 0 Å². The van der Waals surface area contributed by atoms with Crippen LogP contribution in [0.2, 0.25) is 10.0 Å². The molecule has 0 radical (unpaired) electrons. The number of rotatable bonds is 4. The summed E-state index contributed by atoms with van der Waals surface area (Å²) in [5.74, 6) is -1.27. The molecule has 3 N–H and O–H groups in total. The van der Waals surface area contributed by atoms with Gasteiger partial charge >= 0.3 is 0 Å². The fraction of sp³-hybridized carbons (Fsp3) is 0.400. The number of anilines is 1. The van der Waals surface area contributed by atoms with Crippen molar-refractivity contribution in [3.8, 4) is 0 Å². The second-order valence-electron chi connectivity index (χ2n) is 7.38. The largest absolute Gasteiger partial charge is 0.391 e. The summed E-state index contributed by atoms with van der Waals surface area (Å²) in [4.78, 5) is 24.7. The lowest BCUT2D eigenvalue weighted by molar-refractivity contribution is -0.126. The Kier molecular flexibility index (Phi) is 5.47. The predicted octanol–water partition coefficient (Wildman–Crippen LogP) is 2.92. The minimum atomic E-state index is -0.761. The van der Waals surface area contributed by atoms with Crippen molar-refractivity contribution in [3.63, 3.8) is 0 Å². The number of halogens is 2.